The van der Waals surface area contributed by atoms with Crippen LogP contribution in [0.1, 0.15) is 11.1 Å². The lowest BCUT2D eigenvalue weighted by atomic mass is 10.2. The molecule has 0 aliphatic heterocycles. The number of hydrogen-bond acceptors (Lipinski definition) is 1. The van der Waals surface area contributed by atoms with E-state index in [9.17, 15) is 9.18 Å². The summed E-state index contributed by atoms with van der Waals surface area (Å²) in [5, 5.41) is 5.27. The van der Waals surface area contributed by atoms with Crippen LogP contribution in [0.25, 0.3) is 6.08 Å². The molecule has 0 atom stereocenters. The molecule has 2 amide bonds. The third-order valence-corrected chi connectivity index (χ3v) is 2.61. The molecule has 0 aliphatic rings. The predicted molar refractivity (Wildman–Crippen MR) is 78.8 cm³/mol. The molecule has 0 aliphatic carbocycles. The standard InChI is InChI=1S/C16H15FN2O/c1-12-4-2-7-15(10-12)19-16(20)18-9-8-13-5-3-6-14(17)11-13/h2-11H,1H3,(H2,18,19,20)/b9-8+. The number of nitrogens with one attached hydrogen (secondary N) is 2. The fourth-order valence-corrected chi connectivity index (χ4v) is 1.71. The van der Waals surface area contributed by atoms with Crippen molar-refractivity contribution in [1.29, 1.82) is 0 Å². The molecule has 0 bridgehead atoms. The molecule has 2 aromatic rings. The monoisotopic (exact) mass is 270 g/mol. The molecule has 2 rings (SSSR count). The normalized spacial score (nSPS) is 10.5. The highest BCUT2D eigenvalue weighted by molar-refractivity contribution is 5.90. The molecule has 0 fully saturated rings. The average molecular weight is 270 g/mol. The number of urea groups is 1. The molecular formula is C16H15FN2O. The molecule has 0 aromatic heterocycles. The number of carbonyl (C=O) groups excluding carboxylic acids is 1. The Bertz CT molecular complexity index is 638. The molecule has 0 saturated carbocycles. The second kappa shape index (κ2) is 6.52. The van der Waals surface area contributed by atoms with Crippen molar-refractivity contribution in [3.05, 3.63) is 71.7 Å². The summed E-state index contributed by atoms with van der Waals surface area (Å²) in [6.07, 6.45) is 3.10. The molecular weight excluding hydrogens is 255 g/mol. The van der Waals surface area contributed by atoms with E-state index >= 15 is 0 Å². The summed E-state index contributed by atoms with van der Waals surface area (Å²) >= 11 is 0. The van der Waals surface area contributed by atoms with Crippen LogP contribution in [0.3, 0.4) is 0 Å². The smallest absolute Gasteiger partial charge is 0.314 e. The Hall–Kier alpha value is -2.62. The fraction of sp³-hybridized carbons (Fsp3) is 0.0625. The zero-order chi connectivity index (χ0) is 14.4. The summed E-state index contributed by atoms with van der Waals surface area (Å²) < 4.78 is 12.9. The summed E-state index contributed by atoms with van der Waals surface area (Å²) in [6.45, 7) is 1.95. The van der Waals surface area contributed by atoms with Gasteiger partial charge in [-0.2, -0.15) is 0 Å². The average Bonchev–Trinajstić information content (AvgIpc) is 2.38. The van der Waals surface area contributed by atoms with Crippen LogP contribution in [0, 0.1) is 12.7 Å². The predicted octanol–water partition coefficient (Wildman–Crippen LogP) is 3.93. The van der Waals surface area contributed by atoms with Crippen molar-refractivity contribution in [3.8, 4) is 0 Å². The Labute approximate surface area is 117 Å². The van der Waals surface area contributed by atoms with Crippen LogP contribution in [0.4, 0.5) is 14.9 Å². The summed E-state index contributed by atoms with van der Waals surface area (Å²) in [5.41, 5.74) is 2.47. The minimum Gasteiger partial charge on any atom is -0.314 e. The third kappa shape index (κ3) is 4.24. The topological polar surface area (TPSA) is 41.1 Å². The molecule has 102 valence electrons. The van der Waals surface area contributed by atoms with Gasteiger partial charge in [0.25, 0.3) is 0 Å². The molecule has 20 heavy (non-hydrogen) atoms. The van der Waals surface area contributed by atoms with E-state index in [1.165, 1.54) is 18.3 Å². The van der Waals surface area contributed by atoms with E-state index in [1.54, 1.807) is 18.2 Å². The summed E-state index contributed by atoms with van der Waals surface area (Å²) in [7, 11) is 0. The van der Waals surface area contributed by atoms with E-state index in [1.807, 2.05) is 31.2 Å². The van der Waals surface area contributed by atoms with E-state index in [4.69, 9.17) is 0 Å². The Kier molecular flexibility index (Phi) is 4.50. The van der Waals surface area contributed by atoms with Crippen molar-refractivity contribution in [2.75, 3.05) is 5.32 Å². The van der Waals surface area contributed by atoms with Crippen LogP contribution in [0.2, 0.25) is 0 Å². The van der Waals surface area contributed by atoms with Gasteiger partial charge in [0.1, 0.15) is 5.82 Å². The van der Waals surface area contributed by atoms with Crippen LogP contribution in [-0.4, -0.2) is 6.03 Å². The Balaban J connectivity index is 1.89. The van der Waals surface area contributed by atoms with Crippen molar-refractivity contribution >= 4 is 17.8 Å². The maximum Gasteiger partial charge on any atom is 0.323 e. The summed E-state index contributed by atoms with van der Waals surface area (Å²) in [5.74, 6) is -0.309. The van der Waals surface area contributed by atoms with Gasteiger partial charge >= 0.3 is 6.03 Å². The Morgan fingerprint density at radius 1 is 1.15 bits per heavy atom. The highest BCUT2D eigenvalue weighted by Gasteiger charge is 1.98. The van der Waals surface area contributed by atoms with Crippen molar-refractivity contribution < 1.29 is 9.18 Å². The second-order valence-electron chi connectivity index (χ2n) is 4.36. The lowest BCUT2D eigenvalue weighted by Gasteiger charge is -2.05. The van der Waals surface area contributed by atoms with Crippen molar-refractivity contribution in [3.63, 3.8) is 0 Å². The van der Waals surface area contributed by atoms with Gasteiger partial charge < -0.3 is 10.6 Å². The number of amides is 2. The van der Waals surface area contributed by atoms with Gasteiger partial charge in [-0.15, -0.1) is 0 Å². The van der Waals surface area contributed by atoms with Gasteiger partial charge in [0.15, 0.2) is 0 Å². The van der Waals surface area contributed by atoms with Gasteiger partial charge in [0.05, 0.1) is 0 Å². The van der Waals surface area contributed by atoms with Crippen LogP contribution in [0.5, 0.6) is 0 Å². The Morgan fingerprint density at radius 2 is 1.95 bits per heavy atom. The van der Waals surface area contributed by atoms with Gasteiger partial charge in [0, 0.05) is 11.9 Å². The second-order valence-corrected chi connectivity index (χ2v) is 4.36. The van der Waals surface area contributed by atoms with Crippen LogP contribution in [-0.2, 0) is 0 Å². The number of aryl methyl sites for hydroxylation is 1. The first-order chi connectivity index (χ1) is 9.63. The SMILES string of the molecule is Cc1cccc(NC(=O)N/C=C/c2cccc(F)c2)c1. The zero-order valence-corrected chi connectivity index (χ0v) is 11.1. The summed E-state index contributed by atoms with van der Waals surface area (Å²) in [6, 6.07) is 13.3. The fourth-order valence-electron chi connectivity index (χ4n) is 1.71. The number of anilines is 1. The maximum atomic E-state index is 12.9. The maximum absolute atomic E-state index is 12.9. The van der Waals surface area contributed by atoms with Gasteiger partial charge in [-0.1, -0.05) is 24.3 Å². The van der Waals surface area contributed by atoms with E-state index in [0.29, 0.717) is 5.56 Å². The van der Waals surface area contributed by atoms with Crippen LogP contribution >= 0.6 is 0 Å². The van der Waals surface area contributed by atoms with E-state index in [2.05, 4.69) is 10.6 Å². The van der Waals surface area contributed by atoms with Crippen molar-refractivity contribution in [1.82, 2.24) is 5.32 Å². The van der Waals surface area contributed by atoms with Crippen molar-refractivity contribution in [2.24, 2.45) is 0 Å². The molecule has 3 nitrogen and oxygen atoms in total. The molecule has 0 spiro atoms. The van der Waals surface area contributed by atoms with Gasteiger partial charge in [-0.3, -0.25) is 0 Å². The quantitative estimate of drug-likeness (QED) is 0.871. The molecule has 0 saturated heterocycles. The first kappa shape index (κ1) is 13.8. The molecule has 0 radical (unpaired) electrons. The number of halogens is 1. The molecule has 0 heterocycles. The Morgan fingerprint density at radius 3 is 2.70 bits per heavy atom. The first-order valence-electron chi connectivity index (χ1n) is 6.20. The highest BCUT2D eigenvalue weighted by Crippen LogP contribution is 2.09. The van der Waals surface area contributed by atoms with E-state index in [-0.39, 0.29) is 11.8 Å². The van der Waals surface area contributed by atoms with Gasteiger partial charge in [-0.05, 0) is 48.4 Å². The summed E-state index contributed by atoms with van der Waals surface area (Å²) in [4.78, 5) is 11.6. The lowest BCUT2D eigenvalue weighted by Crippen LogP contribution is -2.23. The van der Waals surface area contributed by atoms with Crippen LogP contribution < -0.4 is 10.6 Å². The molecule has 2 aromatic carbocycles. The lowest BCUT2D eigenvalue weighted by molar-refractivity contribution is 0.255. The number of rotatable bonds is 3. The molecule has 2 N–H and O–H groups in total. The number of carbonyl (C=O) groups is 1. The largest absolute Gasteiger partial charge is 0.323 e. The zero-order valence-electron chi connectivity index (χ0n) is 11.1. The molecule has 0 unspecified atom stereocenters. The van der Waals surface area contributed by atoms with Crippen LogP contribution in [0.15, 0.2) is 54.7 Å². The third-order valence-electron chi connectivity index (χ3n) is 2.61. The first-order valence-corrected chi connectivity index (χ1v) is 6.20. The number of hydrogen-bond donors (Lipinski definition) is 2. The van der Waals surface area contributed by atoms with E-state index < -0.39 is 0 Å². The minimum atomic E-state index is -0.344. The van der Waals surface area contributed by atoms with Gasteiger partial charge in [-0.25, -0.2) is 9.18 Å². The van der Waals surface area contributed by atoms with E-state index in [0.717, 1.165) is 11.3 Å². The van der Waals surface area contributed by atoms with Gasteiger partial charge in [0.2, 0.25) is 0 Å². The van der Waals surface area contributed by atoms with Crippen molar-refractivity contribution in [2.45, 2.75) is 6.92 Å². The minimum absolute atomic E-state index is 0.309. The molecule has 4 heteroatoms. The highest BCUT2D eigenvalue weighted by atomic mass is 19.1. The number of benzene rings is 2.